The van der Waals surface area contributed by atoms with Crippen molar-refractivity contribution in [2.24, 2.45) is 0 Å². The zero-order valence-electron chi connectivity index (χ0n) is 17.4. The van der Waals surface area contributed by atoms with E-state index in [1.807, 2.05) is 55.5 Å². The summed E-state index contributed by atoms with van der Waals surface area (Å²) in [5.74, 6) is -0.241. The number of nitrogens with zero attached hydrogens (tertiary/aromatic N) is 2. The van der Waals surface area contributed by atoms with E-state index in [4.69, 9.17) is 0 Å². The maximum Gasteiger partial charge on any atom is 0.243 e. The third-order valence-corrected chi connectivity index (χ3v) is 8.32. The van der Waals surface area contributed by atoms with Crippen LogP contribution in [0.5, 0.6) is 0 Å². The van der Waals surface area contributed by atoms with Crippen molar-refractivity contribution in [2.45, 2.75) is 30.8 Å². The third-order valence-electron chi connectivity index (χ3n) is 5.49. The molecule has 8 heteroatoms. The first-order valence-electron chi connectivity index (χ1n) is 10.2. The minimum Gasteiger partial charge on any atom is -0.308 e. The average Bonchev–Trinajstić information content (AvgIpc) is 3.09. The molecule has 1 aliphatic heterocycles. The van der Waals surface area contributed by atoms with E-state index >= 15 is 0 Å². The molecule has 166 valence electrons. The fourth-order valence-electron chi connectivity index (χ4n) is 3.98. The van der Waals surface area contributed by atoms with Gasteiger partial charge in [0.25, 0.3) is 0 Å². The second-order valence-corrected chi connectivity index (χ2v) is 11.6. The van der Waals surface area contributed by atoms with Gasteiger partial charge in [-0.15, -0.1) is 0 Å². The molecule has 0 N–H and O–H groups in total. The van der Waals surface area contributed by atoms with Gasteiger partial charge in [0, 0.05) is 27.2 Å². The molecule has 1 heterocycles. The number of carbonyl (C=O) groups excluding carboxylic acids is 1. The first kappa shape index (κ1) is 23.2. The molecule has 0 bridgehead atoms. The number of benzene rings is 3. The zero-order chi connectivity index (χ0) is 22.9. The molecular formula is C24H22Br2N2O3S. The van der Waals surface area contributed by atoms with Crippen molar-refractivity contribution in [3.63, 3.8) is 0 Å². The van der Waals surface area contributed by atoms with Gasteiger partial charge in [0.2, 0.25) is 15.9 Å². The van der Waals surface area contributed by atoms with Crippen molar-refractivity contribution in [3.8, 4) is 0 Å². The lowest BCUT2D eigenvalue weighted by atomic mass is 10.1. The molecule has 3 aromatic rings. The van der Waals surface area contributed by atoms with Crippen LogP contribution in [0.1, 0.15) is 18.1 Å². The zero-order valence-corrected chi connectivity index (χ0v) is 21.4. The molecule has 0 saturated heterocycles. The Bertz CT molecular complexity index is 1230. The molecule has 0 aliphatic carbocycles. The minimum atomic E-state index is -3.88. The summed E-state index contributed by atoms with van der Waals surface area (Å²) < 4.78 is 30.0. The number of rotatable bonds is 6. The van der Waals surface area contributed by atoms with Crippen molar-refractivity contribution in [1.29, 1.82) is 0 Å². The van der Waals surface area contributed by atoms with E-state index < -0.39 is 10.0 Å². The molecule has 0 unspecified atom stereocenters. The summed E-state index contributed by atoms with van der Waals surface area (Å²) in [4.78, 5) is 15.3. The highest BCUT2D eigenvalue weighted by Crippen LogP contribution is 2.34. The SMILES string of the molecule is C[C@@H]1Cc2cc(Br)ccc2N1C(=O)CN(Cc1ccccc1)S(=O)(=O)c1ccc(Br)cc1. The number of anilines is 1. The first-order valence-corrected chi connectivity index (χ1v) is 13.2. The fourth-order valence-corrected chi connectivity index (χ4v) is 6.03. The largest absolute Gasteiger partial charge is 0.308 e. The fraction of sp³-hybridized carbons (Fsp3) is 0.208. The minimum absolute atomic E-state index is 0.0410. The van der Waals surface area contributed by atoms with E-state index in [0.717, 1.165) is 32.2 Å². The van der Waals surface area contributed by atoms with Crippen molar-refractivity contribution >= 4 is 53.5 Å². The molecule has 0 aromatic heterocycles. The summed E-state index contributed by atoms with van der Waals surface area (Å²) in [7, 11) is -3.88. The number of hydrogen-bond donors (Lipinski definition) is 0. The van der Waals surface area contributed by atoms with Gasteiger partial charge >= 0.3 is 0 Å². The number of sulfonamides is 1. The predicted molar refractivity (Wildman–Crippen MR) is 133 cm³/mol. The van der Waals surface area contributed by atoms with Gasteiger partial charge in [0.1, 0.15) is 0 Å². The van der Waals surface area contributed by atoms with Gasteiger partial charge in [-0.05, 0) is 66.9 Å². The molecule has 3 aromatic carbocycles. The molecule has 0 spiro atoms. The molecule has 0 radical (unpaired) electrons. The second kappa shape index (κ2) is 9.47. The highest BCUT2D eigenvalue weighted by Gasteiger charge is 2.34. The first-order chi connectivity index (χ1) is 15.3. The molecule has 4 rings (SSSR count). The van der Waals surface area contributed by atoms with Gasteiger partial charge < -0.3 is 4.90 Å². The summed E-state index contributed by atoms with van der Waals surface area (Å²) in [6, 6.07) is 21.6. The Kier molecular flexibility index (Phi) is 6.86. The monoisotopic (exact) mass is 576 g/mol. The van der Waals surface area contributed by atoms with Gasteiger partial charge in [-0.25, -0.2) is 8.42 Å². The van der Waals surface area contributed by atoms with Crippen LogP contribution in [0.25, 0.3) is 0 Å². The van der Waals surface area contributed by atoms with E-state index in [1.165, 1.54) is 4.31 Å². The van der Waals surface area contributed by atoms with Crippen LogP contribution >= 0.6 is 31.9 Å². The number of halogens is 2. The number of amides is 1. The summed E-state index contributed by atoms with van der Waals surface area (Å²) in [5.41, 5.74) is 2.73. The van der Waals surface area contributed by atoms with Crippen LogP contribution in [-0.4, -0.2) is 31.2 Å². The van der Waals surface area contributed by atoms with Crippen LogP contribution in [-0.2, 0) is 27.8 Å². The van der Waals surface area contributed by atoms with Gasteiger partial charge in [-0.3, -0.25) is 4.79 Å². The van der Waals surface area contributed by atoms with E-state index in [2.05, 4.69) is 31.9 Å². The quantitative estimate of drug-likeness (QED) is 0.395. The van der Waals surface area contributed by atoms with Gasteiger partial charge in [0.05, 0.1) is 11.4 Å². The second-order valence-electron chi connectivity index (χ2n) is 7.80. The molecule has 0 fully saturated rings. The van der Waals surface area contributed by atoms with Crippen LogP contribution in [0.15, 0.2) is 86.6 Å². The maximum absolute atomic E-state index is 13.5. The molecule has 0 saturated carbocycles. The van der Waals surface area contributed by atoms with Crippen LogP contribution in [0.3, 0.4) is 0 Å². The summed E-state index contributed by atoms with van der Waals surface area (Å²) in [5, 5.41) is 0. The van der Waals surface area contributed by atoms with Crippen LogP contribution in [0.2, 0.25) is 0 Å². The average molecular weight is 578 g/mol. The Labute approximate surface area is 205 Å². The lowest BCUT2D eigenvalue weighted by Crippen LogP contribution is -2.44. The molecule has 1 atom stereocenters. The Hall–Kier alpha value is -2.00. The lowest BCUT2D eigenvalue weighted by Gasteiger charge is -2.27. The van der Waals surface area contributed by atoms with Gasteiger partial charge in [-0.2, -0.15) is 4.31 Å². The Morgan fingerprint density at radius 3 is 2.34 bits per heavy atom. The van der Waals surface area contributed by atoms with Crippen LogP contribution in [0, 0.1) is 0 Å². The number of fused-ring (bicyclic) bond motifs is 1. The summed E-state index contributed by atoms with van der Waals surface area (Å²) in [6.07, 6.45) is 0.735. The standard InChI is InChI=1S/C24H22Br2N2O3S/c1-17-13-19-14-21(26)9-12-23(19)28(17)24(29)16-27(15-18-5-3-2-4-6-18)32(30,31)22-10-7-20(25)8-11-22/h2-12,14,17H,13,15-16H2,1H3/t17-/m1/s1. The predicted octanol–water partition coefficient (Wildman–Crippen LogP) is 5.38. The highest BCUT2D eigenvalue weighted by molar-refractivity contribution is 9.10. The van der Waals surface area contributed by atoms with Gasteiger partial charge in [-0.1, -0.05) is 62.2 Å². The molecule has 5 nitrogen and oxygen atoms in total. The van der Waals surface area contributed by atoms with E-state index in [9.17, 15) is 13.2 Å². The lowest BCUT2D eigenvalue weighted by molar-refractivity contribution is -0.119. The van der Waals surface area contributed by atoms with E-state index in [1.54, 1.807) is 29.2 Å². The smallest absolute Gasteiger partial charge is 0.243 e. The Morgan fingerprint density at radius 2 is 1.66 bits per heavy atom. The third kappa shape index (κ3) is 4.83. The normalized spacial score (nSPS) is 15.8. The van der Waals surface area contributed by atoms with E-state index in [0.29, 0.717) is 0 Å². The summed E-state index contributed by atoms with van der Waals surface area (Å²) >= 11 is 6.82. The number of hydrogen-bond acceptors (Lipinski definition) is 3. The van der Waals surface area contributed by atoms with Crippen molar-refractivity contribution in [3.05, 3.63) is 92.9 Å². The molecular weight excluding hydrogens is 556 g/mol. The van der Waals surface area contributed by atoms with Gasteiger partial charge in [0.15, 0.2) is 0 Å². The van der Waals surface area contributed by atoms with Crippen LogP contribution in [0.4, 0.5) is 5.69 Å². The Balaban J connectivity index is 1.66. The highest BCUT2D eigenvalue weighted by atomic mass is 79.9. The van der Waals surface area contributed by atoms with Crippen LogP contribution < -0.4 is 4.90 Å². The topological polar surface area (TPSA) is 57.7 Å². The molecule has 32 heavy (non-hydrogen) atoms. The number of carbonyl (C=O) groups is 1. The Morgan fingerprint density at radius 1 is 1.00 bits per heavy atom. The van der Waals surface area contributed by atoms with E-state index in [-0.39, 0.29) is 29.9 Å². The summed E-state index contributed by atoms with van der Waals surface area (Å²) in [6.45, 7) is 1.85. The maximum atomic E-state index is 13.5. The van der Waals surface area contributed by atoms with Crippen molar-refractivity contribution in [2.75, 3.05) is 11.4 Å². The molecule has 1 amide bonds. The van der Waals surface area contributed by atoms with Crippen molar-refractivity contribution in [1.82, 2.24) is 4.31 Å². The van der Waals surface area contributed by atoms with Crippen molar-refractivity contribution < 1.29 is 13.2 Å². The molecule has 1 aliphatic rings.